The van der Waals surface area contributed by atoms with Crippen LogP contribution < -0.4 is 5.32 Å². The lowest BCUT2D eigenvalue weighted by molar-refractivity contribution is -0.152. The van der Waals surface area contributed by atoms with E-state index in [4.69, 9.17) is 4.74 Å². The molecular formula is C17H19NO3. The van der Waals surface area contributed by atoms with Crippen molar-refractivity contribution < 1.29 is 14.3 Å². The second-order valence-corrected chi connectivity index (χ2v) is 6.50. The molecule has 2 fully saturated rings. The molecule has 0 spiro atoms. The van der Waals surface area contributed by atoms with Gasteiger partial charge in [0.15, 0.2) is 0 Å². The Labute approximate surface area is 123 Å². The molecular weight excluding hydrogens is 266 g/mol. The summed E-state index contributed by atoms with van der Waals surface area (Å²) in [5, 5.41) is 3.12. The second-order valence-electron chi connectivity index (χ2n) is 6.50. The molecule has 0 unspecified atom stereocenters. The van der Waals surface area contributed by atoms with Crippen molar-refractivity contribution in [1.82, 2.24) is 5.32 Å². The number of carbonyl (C=O) groups excluding carboxylic acids is 2. The van der Waals surface area contributed by atoms with Gasteiger partial charge in [-0.3, -0.25) is 9.59 Å². The fourth-order valence-corrected chi connectivity index (χ4v) is 3.90. The molecule has 3 aliphatic carbocycles. The second kappa shape index (κ2) is 4.33. The summed E-state index contributed by atoms with van der Waals surface area (Å²) in [5.74, 6) is 0.458. The molecule has 1 aromatic rings. The maximum Gasteiger partial charge on any atom is 0.321 e. The SMILES string of the molecule is COC(=O)C1(C(=O)N[C@@H]2[C@H]3CCc4ccccc4[C@@H]32)CC1. The molecule has 3 atom stereocenters. The zero-order valence-electron chi connectivity index (χ0n) is 12.1. The highest BCUT2D eigenvalue weighted by molar-refractivity contribution is 6.05. The molecule has 4 rings (SSSR count). The van der Waals surface area contributed by atoms with Crippen LogP contribution in [-0.2, 0) is 20.7 Å². The number of fused-ring (bicyclic) bond motifs is 3. The van der Waals surface area contributed by atoms with Gasteiger partial charge in [-0.15, -0.1) is 0 Å². The number of methoxy groups -OCH3 is 1. The van der Waals surface area contributed by atoms with Crippen LogP contribution in [0.4, 0.5) is 0 Å². The molecule has 110 valence electrons. The molecule has 4 heteroatoms. The van der Waals surface area contributed by atoms with Gasteiger partial charge in [0.25, 0.3) is 0 Å². The summed E-state index contributed by atoms with van der Waals surface area (Å²) in [7, 11) is 1.35. The first-order chi connectivity index (χ1) is 10.2. The maximum absolute atomic E-state index is 12.4. The van der Waals surface area contributed by atoms with Crippen molar-refractivity contribution in [3.8, 4) is 0 Å². The van der Waals surface area contributed by atoms with E-state index in [0.29, 0.717) is 24.7 Å². The highest BCUT2D eigenvalue weighted by Crippen LogP contribution is 2.55. The molecule has 1 aromatic carbocycles. The van der Waals surface area contributed by atoms with E-state index in [1.807, 2.05) is 0 Å². The first-order valence-electron chi connectivity index (χ1n) is 7.64. The van der Waals surface area contributed by atoms with E-state index >= 15 is 0 Å². The molecule has 3 aliphatic rings. The Balaban J connectivity index is 1.49. The van der Waals surface area contributed by atoms with E-state index < -0.39 is 5.41 Å². The number of carbonyl (C=O) groups is 2. The summed E-state index contributed by atoms with van der Waals surface area (Å²) in [4.78, 5) is 24.2. The molecule has 0 aliphatic heterocycles. The number of amides is 1. The van der Waals surface area contributed by atoms with Crippen molar-refractivity contribution in [2.24, 2.45) is 11.3 Å². The Morgan fingerprint density at radius 3 is 2.76 bits per heavy atom. The largest absolute Gasteiger partial charge is 0.468 e. The number of esters is 1. The zero-order valence-corrected chi connectivity index (χ0v) is 12.1. The average molecular weight is 285 g/mol. The van der Waals surface area contributed by atoms with Crippen molar-refractivity contribution in [3.05, 3.63) is 35.4 Å². The van der Waals surface area contributed by atoms with Crippen molar-refractivity contribution in [2.45, 2.75) is 37.6 Å². The van der Waals surface area contributed by atoms with Gasteiger partial charge in [-0.05, 0) is 42.7 Å². The minimum absolute atomic E-state index is 0.133. The van der Waals surface area contributed by atoms with Gasteiger partial charge >= 0.3 is 5.97 Å². The van der Waals surface area contributed by atoms with Gasteiger partial charge in [0.1, 0.15) is 5.41 Å². The minimum Gasteiger partial charge on any atom is -0.468 e. The number of benzene rings is 1. The predicted molar refractivity (Wildman–Crippen MR) is 76.6 cm³/mol. The fraction of sp³-hybridized carbons (Fsp3) is 0.529. The van der Waals surface area contributed by atoms with Crippen molar-refractivity contribution in [2.75, 3.05) is 7.11 Å². The molecule has 0 radical (unpaired) electrons. The molecule has 0 aromatic heterocycles. The Kier molecular flexibility index (Phi) is 2.65. The zero-order chi connectivity index (χ0) is 14.6. The summed E-state index contributed by atoms with van der Waals surface area (Å²) in [6.45, 7) is 0. The van der Waals surface area contributed by atoms with Gasteiger partial charge in [0, 0.05) is 12.0 Å². The van der Waals surface area contributed by atoms with Crippen molar-refractivity contribution in [3.63, 3.8) is 0 Å². The molecule has 4 nitrogen and oxygen atoms in total. The number of rotatable bonds is 3. The fourth-order valence-electron chi connectivity index (χ4n) is 3.90. The number of aryl methyl sites for hydroxylation is 1. The molecule has 0 bridgehead atoms. The van der Waals surface area contributed by atoms with Crippen molar-refractivity contribution in [1.29, 1.82) is 0 Å². The lowest BCUT2D eigenvalue weighted by Crippen LogP contribution is -2.39. The van der Waals surface area contributed by atoms with E-state index in [-0.39, 0.29) is 17.9 Å². The van der Waals surface area contributed by atoms with Crippen LogP contribution in [0.15, 0.2) is 24.3 Å². The summed E-state index contributed by atoms with van der Waals surface area (Å²) in [5.41, 5.74) is 1.89. The summed E-state index contributed by atoms with van der Waals surface area (Å²) >= 11 is 0. The maximum atomic E-state index is 12.4. The predicted octanol–water partition coefficient (Wildman–Crippen LogP) is 1.78. The van der Waals surface area contributed by atoms with Gasteiger partial charge < -0.3 is 10.1 Å². The van der Waals surface area contributed by atoms with Crippen LogP contribution in [0.3, 0.4) is 0 Å². The van der Waals surface area contributed by atoms with Gasteiger partial charge in [-0.25, -0.2) is 0 Å². The highest BCUT2D eigenvalue weighted by Gasteiger charge is 2.61. The van der Waals surface area contributed by atoms with E-state index in [1.54, 1.807) is 0 Å². The Morgan fingerprint density at radius 1 is 1.29 bits per heavy atom. The normalized spacial score (nSPS) is 30.6. The van der Waals surface area contributed by atoms with Crippen LogP contribution in [0.1, 0.15) is 36.3 Å². The topological polar surface area (TPSA) is 55.4 Å². The molecule has 1 N–H and O–H groups in total. The first kappa shape index (κ1) is 12.9. The smallest absolute Gasteiger partial charge is 0.321 e. The molecule has 21 heavy (non-hydrogen) atoms. The van der Waals surface area contributed by atoms with Gasteiger partial charge in [-0.1, -0.05) is 24.3 Å². The van der Waals surface area contributed by atoms with E-state index in [1.165, 1.54) is 18.2 Å². The monoisotopic (exact) mass is 285 g/mol. The van der Waals surface area contributed by atoms with Gasteiger partial charge in [0.05, 0.1) is 7.11 Å². The molecule has 0 heterocycles. The van der Waals surface area contributed by atoms with Crippen LogP contribution in [0.25, 0.3) is 0 Å². The summed E-state index contributed by atoms with van der Waals surface area (Å²) in [6, 6.07) is 8.69. The van der Waals surface area contributed by atoms with E-state index in [9.17, 15) is 9.59 Å². The Morgan fingerprint density at radius 2 is 2.05 bits per heavy atom. The summed E-state index contributed by atoms with van der Waals surface area (Å²) in [6.07, 6.45) is 3.44. The third kappa shape index (κ3) is 1.81. The van der Waals surface area contributed by atoms with Crippen LogP contribution >= 0.6 is 0 Å². The van der Waals surface area contributed by atoms with Crippen LogP contribution in [0.5, 0.6) is 0 Å². The van der Waals surface area contributed by atoms with Crippen LogP contribution in [0.2, 0.25) is 0 Å². The number of ether oxygens (including phenoxy) is 1. The lowest BCUT2D eigenvalue weighted by Gasteiger charge is -2.13. The number of hydrogen-bond donors (Lipinski definition) is 1. The Bertz CT molecular complexity index is 620. The third-order valence-corrected chi connectivity index (χ3v) is 5.39. The van der Waals surface area contributed by atoms with E-state index in [0.717, 1.165) is 12.8 Å². The lowest BCUT2D eigenvalue weighted by atomic mass is 9.92. The van der Waals surface area contributed by atoms with Gasteiger partial charge in [-0.2, -0.15) is 0 Å². The standard InChI is InChI=1S/C17H19NO3/c1-21-16(20)17(8-9-17)15(19)18-14-12-7-6-10-4-2-3-5-11(10)13(12)14/h2-5,12-14H,6-9H2,1H3,(H,18,19)/t12-,13-,14+/m0/s1. The highest BCUT2D eigenvalue weighted by atomic mass is 16.5. The summed E-state index contributed by atoms with van der Waals surface area (Å²) < 4.78 is 4.78. The van der Waals surface area contributed by atoms with Crippen LogP contribution in [-0.4, -0.2) is 25.0 Å². The first-order valence-corrected chi connectivity index (χ1v) is 7.64. The van der Waals surface area contributed by atoms with Gasteiger partial charge in [0.2, 0.25) is 5.91 Å². The molecule has 1 amide bonds. The number of hydrogen-bond acceptors (Lipinski definition) is 3. The molecule has 2 saturated carbocycles. The average Bonchev–Trinajstić information content (AvgIpc) is 3.41. The van der Waals surface area contributed by atoms with Crippen molar-refractivity contribution >= 4 is 11.9 Å². The minimum atomic E-state index is -0.889. The Hall–Kier alpha value is -1.84. The molecule has 0 saturated heterocycles. The van der Waals surface area contributed by atoms with Crippen LogP contribution in [0, 0.1) is 11.3 Å². The van der Waals surface area contributed by atoms with E-state index in [2.05, 4.69) is 29.6 Å². The number of nitrogens with one attached hydrogen (secondary N) is 1. The quantitative estimate of drug-likeness (QED) is 0.680. The third-order valence-electron chi connectivity index (χ3n) is 5.39.